The lowest BCUT2D eigenvalue weighted by molar-refractivity contribution is 0.102. The third kappa shape index (κ3) is 4.09. The number of benzene rings is 4. The molecular weight excluding hydrogens is 420 g/mol. The van der Waals surface area contributed by atoms with Gasteiger partial charge in [0.2, 0.25) is 0 Å². The summed E-state index contributed by atoms with van der Waals surface area (Å²) in [5, 5.41) is 4.13. The molecule has 0 saturated heterocycles. The Balaban J connectivity index is 1.81. The topological polar surface area (TPSA) is 66.5 Å². The van der Waals surface area contributed by atoms with Gasteiger partial charge in [-0.3, -0.25) is 9.10 Å². The smallest absolute Gasteiger partial charge is 0.265 e. The number of nitrogens with zero attached hydrogens (tertiary/aromatic N) is 1. The summed E-state index contributed by atoms with van der Waals surface area (Å²) in [7, 11) is -3.86. The number of nitrogens with one attached hydrogen (secondary N) is 1. The minimum absolute atomic E-state index is 0.198. The fourth-order valence-corrected chi connectivity index (χ4v) is 5.65. The predicted octanol–water partition coefficient (Wildman–Crippen LogP) is 5.70. The van der Waals surface area contributed by atoms with Crippen molar-refractivity contribution < 1.29 is 13.2 Å². The van der Waals surface area contributed by atoms with E-state index >= 15 is 0 Å². The van der Waals surface area contributed by atoms with Gasteiger partial charge < -0.3 is 5.32 Å². The first kappa shape index (κ1) is 21.6. The van der Waals surface area contributed by atoms with Crippen molar-refractivity contribution in [3.63, 3.8) is 0 Å². The van der Waals surface area contributed by atoms with Crippen LogP contribution in [0.4, 0.5) is 11.4 Å². The molecule has 162 valence electrons. The summed E-state index contributed by atoms with van der Waals surface area (Å²) in [6.45, 7) is 3.70. The molecule has 0 bridgehead atoms. The lowest BCUT2D eigenvalue weighted by Gasteiger charge is -2.29. The van der Waals surface area contributed by atoms with Crippen molar-refractivity contribution >= 4 is 38.1 Å². The van der Waals surface area contributed by atoms with Gasteiger partial charge in [0.1, 0.15) is 0 Å². The normalized spacial score (nSPS) is 11.5. The number of hydrogen-bond acceptors (Lipinski definition) is 3. The highest BCUT2D eigenvalue weighted by molar-refractivity contribution is 7.93. The van der Waals surface area contributed by atoms with Gasteiger partial charge in [0.25, 0.3) is 15.9 Å². The monoisotopic (exact) mass is 444 g/mol. The first-order valence-corrected chi connectivity index (χ1v) is 11.8. The van der Waals surface area contributed by atoms with Crippen molar-refractivity contribution in [2.24, 2.45) is 0 Å². The van der Waals surface area contributed by atoms with Gasteiger partial charge in [0, 0.05) is 28.1 Å². The number of anilines is 2. The van der Waals surface area contributed by atoms with E-state index in [1.807, 2.05) is 50.2 Å². The average molecular weight is 445 g/mol. The first-order valence-electron chi connectivity index (χ1n) is 10.4. The molecule has 4 rings (SSSR count). The van der Waals surface area contributed by atoms with Crippen molar-refractivity contribution in [2.75, 3.05) is 9.62 Å². The lowest BCUT2D eigenvalue weighted by atomic mass is 10.1. The second-order valence-electron chi connectivity index (χ2n) is 7.71. The van der Waals surface area contributed by atoms with Crippen molar-refractivity contribution in [3.05, 3.63) is 103 Å². The van der Waals surface area contributed by atoms with Crippen molar-refractivity contribution in [2.45, 2.75) is 24.8 Å². The van der Waals surface area contributed by atoms with Crippen LogP contribution in [0.1, 0.15) is 24.2 Å². The Morgan fingerprint density at radius 2 is 1.31 bits per heavy atom. The molecule has 0 aliphatic heterocycles. The fraction of sp³-hybridized carbons (Fsp3) is 0.115. The number of para-hydroxylation sites is 1. The van der Waals surface area contributed by atoms with Crippen LogP contribution in [0.3, 0.4) is 0 Å². The standard InChI is InChI=1S/C26H24N2O3S/c1-19(2)28(21-13-7-4-8-14-21)32(30,31)25-18-17-24(22-15-9-10-16-23(22)25)27-26(29)20-11-5-3-6-12-20/h3-19H,1-2H3,(H,27,29). The van der Waals surface area contributed by atoms with Crippen LogP contribution in [0.15, 0.2) is 102 Å². The molecule has 0 aliphatic rings. The molecule has 0 atom stereocenters. The Kier molecular flexibility index (Phi) is 5.97. The number of amides is 1. The molecule has 4 aromatic carbocycles. The lowest BCUT2D eigenvalue weighted by Crippen LogP contribution is -2.37. The van der Waals surface area contributed by atoms with E-state index in [4.69, 9.17) is 0 Å². The first-order chi connectivity index (χ1) is 15.4. The van der Waals surface area contributed by atoms with Crippen molar-refractivity contribution in [3.8, 4) is 0 Å². The van der Waals surface area contributed by atoms with Gasteiger partial charge in [-0.1, -0.05) is 60.7 Å². The molecule has 4 aromatic rings. The molecule has 0 spiro atoms. The molecule has 5 nitrogen and oxygen atoms in total. The van der Waals surface area contributed by atoms with Crippen LogP contribution >= 0.6 is 0 Å². The van der Waals surface area contributed by atoms with Crippen LogP contribution in [-0.4, -0.2) is 20.4 Å². The second-order valence-corrected chi connectivity index (χ2v) is 9.49. The number of carbonyl (C=O) groups excluding carboxylic acids is 1. The molecule has 0 fully saturated rings. The zero-order valence-corrected chi connectivity index (χ0v) is 18.7. The van der Waals surface area contributed by atoms with Crippen LogP contribution in [-0.2, 0) is 10.0 Å². The van der Waals surface area contributed by atoms with E-state index in [0.717, 1.165) is 0 Å². The van der Waals surface area contributed by atoms with Crippen LogP contribution < -0.4 is 9.62 Å². The van der Waals surface area contributed by atoms with E-state index < -0.39 is 10.0 Å². The van der Waals surface area contributed by atoms with Gasteiger partial charge in [-0.25, -0.2) is 8.42 Å². The van der Waals surface area contributed by atoms with E-state index in [2.05, 4.69) is 5.32 Å². The number of carbonyl (C=O) groups is 1. The third-order valence-corrected chi connectivity index (χ3v) is 7.25. The quantitative estimate of drug-likeness (QED) is 0.415. The maximum atomic E-state index is 13.8. The average Bonchev–Trinajstić information content (AvgIpc) is 2.80. The van der Waals surface area contributed by atoms with Crippen LogP contribution in [0.25, 0.3) is 10.8 Å². The summed E-state index contributed by atoms with van der Waals surface area (Å²) in [5.41, 5.74) is 1.69. The molecule has 1 N–H and O–H groups in total. The Morgan fingerprint density at radius 3 is 1.94 bits per heavy atom. The molecule has 1 amide bonds. The molecule has 32 heavy (non-hydrogen) atoms. The summed E-state index contributed by atoms with van der Waals surface area (Å²) >= 11 is 0. The van der Waals surface area contributed by atoms with Crippen LogP contribution in [0.5, 0.6) is 0 Å². The summed E-state index contributed by atoms with van der Waals surface area (Å²) in [5.74, 6) is -0.251. The third-order valence-electron chi connectivity index (χ3n) is 5.18. The van der Waals surface area contributed by atoms with E-state index in [-0.39, 0.29) is 16.8 Å². The molecule has 0 saturated carbocycles. The highest BCUT2D eigenvalue weighted by Crippen LogP contribution is 2.34. The minimum Gasteiger partial charge on any atom is -0.321 e. The second kappa shape index (κ2) is 8.85. The molecule has 0 heterocycles. The SMILES string of the molecule is CC(C)N(c1ccccc1)S(=O)(=O)c1ccc(NC(=O)c2ccccc2)c2ccccc12. The summed E-state index contributed by atoms with van der Waals surface area (Å²) < 4.78 is 29.0. The van der Waals surface area contributed by atoms with E-state index in [9.17, 15) is 13.2 Å². The molecule has 0 unspecified atom stereocenters. The van der Waals surface area contributed by atoms with Gasteiger partial charge in [0.15, 0.2) is 0 Å². The van der Waals surface area contributed by atoms with Crippen LogP contribution in [0, 0.1) is 0 Å². The van der Waals surface area contributed by atoms with E-state index in [0.29, 0.717) is 27.7 Å². The Morgan fingerprint density at radius 1 is 0.750 bits per heavy atom. The Labute approximate surface area is 188 Å². The zero-order chi connectivity index (χ0) is 22.7. The number of fused-ring (bicyclic) bond motifs is 1. The van der Waals surface area contributed by atoms with Gasteiger partial charge in [-0.15, -0.1) is 0 Å². The predicted molar refractivity (Wildman–Crippen MR) is 130 cm³/mol. The Hall–Kier alpha value is -3.64. The van der Waals surface area contributed by atoms with Crippen molar-refractivity contribution in [1.29, 1.82) is 0 Å². The van der Waals surface area contributed by atoms with Gasteiger partial charge in [-0.2, -0.15) is 0 Å². The van der Waals surface area contributed by atoms with Gasteiger partial charge in [-0.05, 0) is 50.2 Å². The minimum atomic E-state index is -3.86. The van der Waals surface area contributed by atoms with E-state index in [1.165, 1.54) is 4.31 Å². The molecule has 0 aliphatic carbocycles. The Bertz CT molecular complexity index is 1350. The maximum absolute atomic E-state index is 13.8. The van der Waals surface area contributed by atoms with Gasteiger partial charge >= 0.3 is 0 Å². The number of hydrogen-bond donors (Lipinski definition) is 1. The van der Waals surface area contributed by atoms with Gasteiger partial charge in [0.05, 0.1) is 10.6 Å². The largest absolute Gasteiger partial charge is 0.321 e. The summed E-state index contributed by atoms with van der Waals surface area (Å²) in [6.07, 6.45) is 0. The number of sulfonamides is 1. The fourth-order valence-electron chi connectivity index (χ4n) is 3.78. The van der Waals surface area contributed by atoms with Crippen molar-refractivity contribution in [1.82, 2.24) is 0 Å². The van der Waals surface area contributed by atoms with E-state index in [1.54, 1.807) is 60.7 Å². The maximum Gasteiger partial charge on any atom is 0.265 e. The molecule has 0 radical (unpaired) electrons. The highest BCUT2D eigenvalue weighted by atomic mass is 32.2. The molecular formula is C26H24N2O3S. The highest BCUT2D eigenvalue weighted by Gasteiger charge is 2.29. The zero-order valence-electron chi connectivity index (χ0n) is 17.9. The number of rotatable bonds is 6. The molecule has 0 aromatic heterocycles. The summed E-state index contributed by atoms with van der Waals surface area (Å²) in [4.78, 5) is 12.9. The summed E-state index contributed by atoms with van der Waals surface area (Å²) in [6, 6.07) is 28.1. The molecule has 6 heteroatoms. The van der Waals surface area contributed by atoms with Crippen LogP contribution in [0.2, 0.25) is 0 Å².